The standard InChI is InChI=1S/C18H19N5OS/c1-13-20-16(12-25-13)18(24)23-8-4-7-22(9-10-23)17-11-19-14-5-2-3-6-15(14)21-17/h2-3,5-6,11-12H,4,7-10H2,1H3. The minimum atomic E-state index is 0.0239. The molecule has 3 heterocycles. The number of fused-ring (bicyclic) bond motifs is 1. The summed E-state index contributed by atoms with van der Waals surface area (Å²) in [4.78, 5) is 30.2. The molecule has 0 N–H and O–H groups in total. The molecule has 7 heteroatoms. The van der Waals surface area contributed by atoms with Gasteiger partial charge in [-0.2, -0.15) is 0 Å². The topological polar surface area (TPSA) is 62.2 Å². The van der Waals surface area contributed by atoms with E-state index in [0.717, 1.165) is 47.9 Å². The largest absolute Gasteiger partial charge is 0.353 e. The number of aromatic nitrogens is 3. The minimum Gasteiger partial charge on any atom is -0.353 e. The van der Waals surface area contributed by atoms with Crippen molar-refractivity contribution in [1.82, 2.24) is 19.9 Å². The highest BCUT2D eigenvalue weighted by Crippen LogP contribution is 2.18. The van der Waals surface area contributed by atoms with Gasteiger partial charge in [0.2, 0.25) is 0 Å². The van der Waals surface area contributed by atoms with Gasteiger partial charge in [-0.3, -0.25) is 9.78 Å². The van der Waals surface area contributed by atoms with Crippen LogP contribution < -0.4 is 4.90 Å². The summed E-state index contributed by atoms with van der Waals surface area (Å²) in [6, 6.07) is 7.88. The molecule has 128 valence electrons. The smallest absolute Gasteiger partial charge is 0.273 e. The van der Waals surface area contributed by atoms with Crippen molar-refractivity contribution in [3.63, 3.8) is 0 Å². The number of carbonyl (C=O) groups excluding carboxylic acids is 1. The van der Waals surface area contributed by atoms with Gasteiger partial charge in [0, 0.05) is 31.6 Å². The zero-order chi connectivity index (χ0) is 17.2. The summed E-state index contributed by atoms with van der Waals surface area (Å²) in [6.45, 7) is 4.95. The van der Waals surface area contributed by atoms with Crippen molar-refractivity contribution in [2.45, 2.75) is 13.3 Å². The number of rotatable bonds is 2. The molecule has 1 aliphatic heterocycles. The lowest BCUT2D eigenvalue weighted by Crippen LogP contribution is -2.35. The first kappa shape index (κ1) is 16.0. The summed E-state index contributed by atoms with van der Waals surface area (Å²) < 4.78 is 0. The predicted octanol–water partition coefficient (Wildman–Crippen LogP) is 2.75. The van der Waals surface area contributed by atoms with Gasteiger partial charge in [-0.25, -0.2) is 9.97 Å². The molecule has 25 heavy (non-hydrogen) atoms. The molecular weight excluding hydrogens is 334 g/mol. The fourth-order valence-corrected chi connectivity index (χ4v) is 3.66. The van der Waals surface area contributed by atoms with Crippen LogP contribution in [0.2, 0.25) is 0 Å². The Morgan fingerprint density at radius 3 is 2.72 bits per heavy atom. The van der Waals surface area contributed by atoms with E-state index in [9.17, 15) is 4.79 Å². The number of anilines is 1. The average molecular weight is 353 g/mol. The van der Waals surface area contributed by atoms with Gasteiger partial charge >= 0.3 is 0 Å². The summed E-state index contributed by atoms with van der Waals surface area (Å²) in [7, 11) is 0. The van der Waals surface area contributed by atoms with Gasteiger partial charge in [0.25, 0.3) is 5.91 Å². The molecule has 1 saturated heterocycles. The van der Waals surface area contributed by atoms with Gasteiger partial charge in [-0.05, 0) is 25.5 Å². The fraction of sp³-hybridized carbons (Fsp3) is 0.333. The Morgan fingerprint density at radius 1 is 1.08 bits per heavy atom. The van der Waals surface area contributed by atoms with E-state index in [2.05, 4.69) is 14.9 Å². The van der Waals surface area contributed by atoms with Crippen LogP contribution in [-0.2, 0) is 0 Å². The molecule has 6 nitrogen and oxygen atoms in total. The summed E-state index contributed by atoms with van der Waals surface area (Å²) in [5.41, 5.74) is 2.35. The molecular formula is C18H19N5OS. The van der Waals surface area contributed by atoms with Crippen molar-refractivity contribution in [2.24, 2.45) is 0 Å². The SMILES string of the molecule is Cc1nc(C(=O)N2CCCN(c3cnc4ccccc4n3)CC2)cs1. The number of carbonyl (C=O) groups is 1. The lowest BCUT2D eigenvalue weighted by molar-refractivity contribution is 0.0762. The second-order valence-electron chi connectivity index (χ2n) is 6.10. The molecule has 4 rings (SSSR count). The van der Waals surface area contributed by atoms with Crippen molar-refractivity contribution in [3.05, 3.63) is 46.5 Å². The van der Waals surface area contributed by atoms with Crippen molar-refractivity contribution in [3.8, 4) is 0 Å². The summed E-state index contributed by atoms with van der Waals surface area (Å²) in [6.07, 6.45) is 2.73. The molecule has 0 radical (unpaired) electrons. The van der Waals surface area contributed by atoms with E-state index in [1.165, 1.54) is 11.3 Å². The van der Waals surface area contributed by atoms with E-state index in [4.69, 9.17) is 4.98 Å². The zero-order valence-corrected chi connectivity index (χ0v) is 14.9. The second-order valence-corrected chi connectivity index (χ2v) is 7.16. The zero-order valence-electron chi connectivity index (χ0n) is 14.1. The van der Waals surface area contributed by atoms with Crippen LogP contribution in [0.3, 0.4) is 0 Å². The van der Waals surface area contributed by atoms with E-state index in [-0.39, 0.29) is 5.91 Å². The molecule has 3 aromatic rings. The van der Waals surface area contributed by atoms with Gasteiger partial charge in [-0.1, -0.05) is 12.1 Å². The van der Waals surface area contributed by atoms with Gasteiger partial charge < -0.3 is 9.80 Å². The Bertz CT molecular complexity index is 909. The first-order valence-electron chi connectivity index (χ1n) is 8.39. The third-order valence-corrected chi connectivity index (χ3v) is 5.15. The molecule has 0 bridgehead atoms. The van der Waals surface area contributed by atoms with E-state index in [1.807, 2.05) is 47.7 Å². The molecule has 1 aromatic carbocycles. The number of nitrogens with zero attached hydrogens (tertiary/aromatic N) is 5. The number of hydrogen-bond donors (Lipinski definition) is 0. The highest BCUT2D eigenvalue weighted by atomic mass is 32.1. The number of thiazole rings is 1. The number of para-hydroxylation sites is 2. The monoisotopic (exact) mass is 353 g/mol. The molecule has 2 aromatic heterocycles. The van der Waals surface area contributed by atoms with Crippen LogP contribution in [0.15, 0.2) is 35.8 Å². The van der Waals surface area contributed by atoms with Gasteiger partial charge in [-0.15, -0.1) is 11.3 Å². The van der Waals surface area contributed by atoms with Crippen LogP contribution in [0.4, 0.5) is 5.82 Å². The van der Waals surface area contributed by atoms with Crippen LogP contribution in [0.5, 0.6) is 0 Å². The van der Waals surface area contributed by atoms with E-state index >= 15 is 0 Å². The number of aryl methyl sites for hydroxylation is 1. The van der Waals surface area contributed by atoms with Crippen LogP contribution in [0.25, 0.3) is 11.0 Å². The second kappa shape index (κ2) is 6.76. The molecule has 0 aliphatic carbocycles. The van der Waals surface area contributed by atoms with E-state index in [0.29, 0.717) is 12.2 Å². The highest BCUT2D eigenvalue weighted by molar-refractivity contribution is 7.09. The fourth-order valence-electron chi connectivity index (χ4n) is 3.07. The normalized spacial score (nSPS) is 15.4. The van der Waals surface area contributed by atoms with Crippen LogP contribution in [0, 0.1) is 6.92 Å². The summed E-state index contributed by atoms with van der Waals surface area (Å²) in [5.74, 6) is 0.897. The Labute approximate surface area is 150 Å². The molecule has 1 fully saturated rings. The Morgan fingerprint density at radius 2 is 1.92 bits per heavy atom. The highest BCUT2D eigenvalue weighted by Gasteiger charge is 2.22. The minimum absolute atomic E-state index is 0.0239. The van der Waals surface area contributed by atoms with Crippen molar-refractivity contribution in [2.75, 3.05) is 31.1 Å². The first-order chi connectivity index (χ1) is 12.2. The van der Waals surface area contributed by atoms with Crippen LogP contribution >= 0.6 is 11.3 Å². The Kier molecular flexibility index (Phi) is 4.31. The van der Waals surface area contributed by atoms with Gasteiger partial charge in [0.05, 0.1) is 22.2 Å². The maximum atomic E-state index is 12.6. The van der Waals surface area contributed by atoms with E-state index in [1.54, 1.807) is 0 Å². The van der Waals surface area contributed by atoms with Crippen molar-refractivity contribution in [1.29, 1.82) is 0 Å². The third-order valence-electron chi connectivity index (χ3n) is 4.38. The van der Waals surface area contributed by atoms with E-state index < -0.39 is 0 Å². The molecule has 1 amide bonds. The maximum Gasteiger partial charge on any atom is 0.273 e. The molecule has 1 aliphatic rings. The average Bonchev–Trinajstić information content (AvgIpc) is 2.93. The Hall–Kier alpha value is -2.54. The van der Waals surface area contributed by atoms with Crippen molar-refractivity contribution < 1.29 is 4.79 Å². The lowest BCUT2D eigenvalue weighted by atomic mass is 10.3. The maximum absolute atomic E-state index is 12.6. The molecule has 0 saturated carbocycles. The summed E-state index contributed by atoms with van der Waals surface area (Å²) in [5, 5.41) is 2.76. The van der Waals surface area contributed by atoms with Crippen LogP contribution in [-0.4, -0.2) is 51.9 Å². The van der Waals surface area contributed by atoms with Crippen LogP contribution in [0.1, 0.15) is 21.9 Å². The first-order valence-corrected chi connectivity index (χ1v) is 9.27. The van der Waals surface area contributed by atoms with Gasteiger partial charge in [0.1, 0.15) is 11.5 Å². The predicted molar refractivity (Wildman–Crippen MR) is 99.1 cm³/mol. The molecule has 0 spiro atoms. The quantitative estimate of drug-likeness (QED) is 0.709. The molecule has 0 atom stereocenters. The van der Waals surface area contributed by atoms with Gasteiger partial charge in [0.15, 0.2) is 0 Å². The van der Waals surface area contributed by atoms with Crippen molar-refractivity contribution >= 4 is 34.1 Å². The third kappa shape index (κ3) is 3.32. The molecule has 0 unspecified atom stereocenters. The number of hydrogen-bond acceptors (Lipinski definition) is 6. The Balaban J connectivity index is 1.49. The number of amides is 1. The lowest BCUT2D eigenvalue weighted by Gasteiger charge is -2.22. The summed E-state index contributed by atoms with van der Waals surface area (Å²) >= 11 is 1.51. The number of benzene rings is 1.